The number of hydrogen-bond donors (Lipinski definition) is 0. The minimum Gasteiger partial charge on any atom is -0.462 e. The third-order valence-corrected chi connectivity index (χ3v) is 0.878. The van der Waals surface area contributed by atoms with Gasteiger partial charge in [-0.25, -0.2) is 0 Å². The SMILES string of the molecule is CC(=O)OCC=C(C)C=O. The molecule has 0 amide bonds. The van der Waals surface area contributed by atoms with Crippen molar-refractivity contribution in [2.24, 2.45) is 0 Å². The zero-order valence-corrected chi connectivity index (χ0v) is 6.09. The molecule has 0 atom stereocenters. The molecule has 56 valence electrons. The lowest BCUT2D eigenvalue weighted by molar-refractivity contribution is -0.139. The number of carbonyl (C=O) groups is 2. The first-order valence-corrected chi connectivity index (χ1v) is 2.92. The quantitative estimate of drug-likeness (QED) is 0.331. The number of rotatable bonds is 3. The molecule has 0 fully saturated rings. The van der Waals surface area contributed by atoms with Crippen LogP contribution in [0.3, 0.4) is 0 Å². The van der Waals surface area contributed by atoms with Crippen LogP contribution in [0.15, 0.2) is 11.6 Å². The summed E-state index contributed by atoms with van der Waals surface area (Å²) in [6.45, 7) is 3.15. The Kier molecular flexibility index (Phi) is 4.20. The molecular formula is C7H10O3. The summed E-state index contributed by atoms with van der Waals surface area (Å²) < 4.78 is 4.54. The number of carbonyl (C=O) groups excluding carboxylic acids is 2. The number of esters is 1. The molecule has 3 nitrogen and oxygen atoms in total. The van der Waals surface area contributed by atoms with Gasteiger partial charge in [0, 0.05) is 6.92 Å². The predicted molar refractivity (Wildman–Crippen MR) is 36.5 cm³/mol. The van der Waals surface area contributed by atoms with Crippen LogP contribution < -0.4 is 0 Å². The van der Waals surface area contributed by atoms with E-state index in [0.29, 0.717) is 11.9 Å². The van der Waals surface area contributed by atoms with Crippen molar-refractivity contribution in [3.8, 4) is 0 Å². The molecule has 0 aromatic carbocycles. The molecule has 0 radical (unpaired) electrons. The van der Waals surface area contributed by atoms with E-state index in [1.807, 2.05) is 0 Å². The van der Waals surface area contributed by atoms with E-state index in [1.165, 1.54) is 6.92 Å². The molecule has 0 aromatic heterocycles. The highest BCUT2D eigenvalue weighted by Gasteiger charge is 1.88. The Hall–Kier alpha value is -1.12. The highest BCUT2D eigenvalue weighted by molar-refractivity contribution is 5.72. The Morgan fingerprint density at radius 3 is 2.50 bits per heavy atom. The van der Waals surface area contributed by atoms with E-state index >= 15 is 0 Å². The maximum Gasteiger partial charge on any atom is 0.302 e. The largest absolute Gasteiger partial charge is 0.462 e. The fourth-order valence-corrected chi connectivity index (χ4v) is 0.339. The third-order valence-electron chi connectivity index (χ3n) is 0.878. The van der Waals surface area contributed by atoms with Crippen molar-refractivity contribution in [3.05, 3.63) is 11.6 Å². The van der Waals surface area contributed by atoms with Gasteiger partial charge in [0.2, 0.25) is 0 Å². The monoisotopic (exact) mass is 142 g/mol. The van der Waals surface area contributed by atoms with Gasteiger partial charge in [-0.2, -0.15) is 0 Å². The summed E-state index contributed by atoms with van der Waals surface area (Å²) in [5, 5.41) is 0. The standard InChI is InChI=1S/C7H10O3/c1-6(5-8)3-4-10-7(2)9/h3,5H,4H2,1-2H3. The van der Waals surface area contributed by atoms with Crippen LogP contribution in [0.1, 0.15) is 13.8 Å². The lowest BCUT2D eigenvalue weighted by Crippen LogP contribution is -1.98. The molecule has 0 N–H and O–H groups in total. The van der Waals surface area contributed by atoms with Crippen molar-refractivity contribution in [2.45, 2.75) is 13.8 Å². The van der Waals surface area contributed by atoms with E-state index in [-0.39, 0.29) is 12.6 Å². The van der Waals surface area contributed by atoms with Crippen LogP contribution in [0.5, 0.6) is 0 Å². The fraction of sp³-hybridized carbons (Fsp3) is 0.429. The van der Waals surface area contributed by atoms with Crippen LogP contribution in [0.4, 0.5) is 0 Å². The van der Waals surface area contributed by atoms with Gasteiger partial charge < -0.3 is 4.74 Å². The van der Waals surface area contributed by atoms with Crippen molar-refractivity contribution in [3.63, 3.8) is 0 Å². The number of hydrogen-bond acceptors (Lipinski definition) is 3. The van der Waals surface area contributed by atoms with E-state index in [1.54, 1.807) is 13.0 Å². The molecule has 0 aliphatic heterocycles. The van der Waals surface area contributed by atoms with Crippen LogP contribution in [-0.4, -0.2) is 18.9 Å². The smallest absolute Gasteiger partial charge is 0.302 e. The van der Waals surface area contributed by atoms with Crippen molar-refractivity contribution in [1.82, 2.24) is 0 Å². The lowest BCUT2D eigenvalue weighted by atomic mass is 10.3. The molecule has 0 spiro atoms. The molecule has 0 bridgehead atoms. The van der Waals surface area contributed by atoms with Gasteiger partial charge in [0.15, 0.2) is 0 Å². The summed E-state index contributed by atoms with van der Waals surface area (Å²) in [6, 6.07) is 0. The van der Waals surface area contributed by atoms with Gasteiger partial charge in [0.05, 0.1) is 0 Å². The minimum atomic E-state index is -0.338. The number of allylic oxidation sites excluding steroid dienone is 1. The molecule has 0 saturated heterocycles. The van der Waals surface area contributed by atoms with Gasteiger partial charge in [-0.05, 0) is 18.6 Å². The Morgan fingerprint density at radius 2 is 2.10 bits per heavy atom. The van der Waals surface area contributed by atoms with Crippen molar-refractivity contribution < 1.29 is 14.3 Å². The molecule has 0 aliphatic carbocycles. The summed E-state index contributed by atoms with van der Waals surface area (Å²) in [7, 11) is 0. The molecular weight excluding hydrogens is 132 g/mol. The van der Waals surface area contributed by atoms with E-state index in [0.717, 1.165) is 0 Å². The molecule has 0 aromatic rings. The summed E-state index contributed by atoms with van der Waals surface area (Å²) in [4.78, 5) is 20.1. The Morgan fingerprint density at radius 1 is 1.50 bits per heavy atom. The van der Waals surface area contributed by atoms with Gasteiger partial charge in [0.25, 0.3) is 0 Å². The minimum absolute atomic E-state index is 0.180. The molecule has 10 heavy (non-hydrogen) atoms. The maximum absolute atomic E-state index is 10.2. The van der Waals surface area contributed by atoms with Crippen molar-refractivity contribution in [1.29, 1.82) is 0 Å². The Bertz CT molecular complexity index is 158. The molecule has 0 rings (SSSR count). The molecule has 0 aliphatic rings. The highest BCUT2D eigenvalue weighted by atomic mass is 16.5. The van der Waals surface area contributed by atoms with Gasteiger partial charge in [-0.15, -0.1) is 0 Å². The molecule has 0 saturated carbocycles. The molecule has 0 heterocycles. The van der Waals surface area contributed by atoms with Crippen LogP contribution in [0, 0.1) is 0 Å². The van der Waals surface area contributed by atoms with E-state index < -0.39 is 0 Å². The normalized spacial score (nSPS) is 10.8. The topological polar surface area (TPSA) is 43.4 Å². The summed E-state index contributed by atoms with van der Waals surface area (Å²) >= 11 is 0. The average molecular weight is 142 g/mol. The van der Waals surface area contributed by atoms with Crippen LogP contribution >= 0.6 is 0 Å². The summed E-state index contributed by atoms with van der Waals surface area (Å²) in [5.41, 5.74) is 0.571. The summed E-state index contributed by atoms with van der Waals surface area (Å²) in [5.74, 6) is -0.338. The van der Waals surface area contributed by atoms with Crippen LogP contribution in [0.25, 0.3) is 0 Å². The number of ether oxygens (including phenoxy) is 1. The average Bonchev–Trinajstić information content (AvgIpc) is 1.87. The van der Waals surface area contributed by atoms with Gasteiger partial charge >= 0.3 is 5.97 Å². The van der Waals surface area contributed by atoms with E-state index in [9.17, 15) is 9.59 Å². The number of aldehydes is 1. The van der Waals surface area contributed by atoms with Gasteiger partial charge in [-0.3, -0.25) is 9.59 Å². The zero-order chi connectivity index (χ0) is 7.98. The Labute approximate surface area is 59.7 Å². The van der Waals surface area contributed by atoms with Crippen molar-refractivity contribution >= 4 is 12.3 Å². The molecule has 0 unspecified atom stereocenters. The summed E-state index contributed by atoms with van der Waals surface area (Å²) in [6.07, 6.45) is 2.26. The fourth-order valence-electron chi connectivity index (χ4n) is 0.339. The van der Waals surface area contributed by atoms with Gasteiger partial charge in [-0.1, -0.05) is 0 Å². The van der Waals surface area contributed by atoms with Crippen LogP contribution in [0.2, 0.25) is 0 Å². The first kappa shape index (κ1) is 8.88. The second kappa shape index (κ2) is 4.73. The Balaban J connectivity index is 3.52. The van der Waals surface area contributed by atoms with E-state index in [4.69, 9.17) is 0 Å². The molecule has 3 heteroatoms. The van der Waals surface area contributed by atoms with Crippen LogP contribution in [-0.2, 0) is 14.3 Å². The first-order valence-electron chi connectivity index (χ1n) is 2.92. The third kappa shape index (κ3) is 5.03. The van der Waals surface area contributed by atoms with Crippen molar-refractivity contribution in [2.75, 3.05) is 6.61 Å². The zero-order valence-electron chi connectivity index (χ0n) is 6.09. The first-order chi connectivity index (χ1) is 4.66. The van der Waals surface area contributed by atoms with E-state index in [2.05, 4.69) is 4.74 Å². The highest BCUT2D eigenvalue weighted by Crippen LogP contribution is 1.86. The van der Waals surface area contributed by atoms with Gasteiger partial charge in [0.1, 0.15) is 12.9 Å². The second-order valence-corrected chi connectivity index (χ2v) is 1.87. The predicted octanol–water partition coefficient (Wildman–Crippen LogP) is 0.695. The second-order valence-electron chi connectivity index (χ2n) is 1.87. The maximum atomic E-state index is 10.2. The lowest BCUT2D eigenvalue weighted by Gasteiger charge is -1.94.